The molecule has 0 aliphatic heterocycles. The summed E-state index contributed by atoms with van der Waals surface area (Å²) in [5.74, 6) is 0. The van der Waals surface area contributed by atoms with Gasteiger partial charge in [-0.2, -0.15) is 0 Å². The summed E-state index contributed by atoms with van der Waals surface area (Å²) < 4.78 is 23.1. The van der Waals surface area contributed by atoms with Crippen LogP contribution in [0.1, 0.15) is 0 Å². The van der Waals surface area contributed by atoms with E-state index in [2.05, 4.69) is 0 Å². The van der Waals surface area contributed by atoms with E-state index in [9.17, 15) is 0 Å². The Kier molecular flexibility index (Phi) is 11.5. The molecule has 0 bridgehead atoms. The monoisotopic (exact) mass is 268 g/mol. The standard InChI is InChI=1S/Ba.H2O3Se/c;1-4(2)3/h;(H2,1,2,3). The maximum absolute atomic E-state index is 8.76. The number of rotatable bonds is 0. The van der Waals surface area contributed by atoms with Gasteiger partial charge in [-0.25, -0.2) is 0 Å². The first-order valence-corrected chi connectivity index (χ1v) is 2.76. The fourth-order valence-electron chi connectivity index (χ4n) is 0. The summed E-state index contributed by atoms with van der Waals surface area (Å²) in [7, 11) is 0. The van der Waals surface area contributed by atoms with E-state index in [1.807, 2.05) is 0 Å². The summed E-state index contributed by atoms with van der Waals surface area (Å²) >= 11 is -3.29. The molecule has 0 aromatic carbocycles. The van der Waals surface area contributed by atoms with Gasteiger partial charge in [-0.3, -0.25) is 0 Å². The maximum Gasteiger partial charge on any atom is 0 e. The molecule has 0 atom stereocenters. The number of hydrogen-bond acceptors (Lipinski definition) is 1. The molecule has 0 amide bonds. The van der Waals surface area contributed by atoms with E-state index in [4.69, 9.17) is 12.2 Å². The molecule has 2 N–H and O–H groups in total. The van der Waals surface area contributed by atoms with Crippen LogP contribution in [0.3, 0.4) is 0 Å². The molecule has 0 rings (SSSR count). The van der Waals surface area contributed by atoms with Crippen molar-refractivity contribution in [2.24, 2.45) is 0 Å². The van der Waals surface area contributed by atoms with Crippen LogP contribution in [0.15, 0.2) is 0 Å². The van der Waals surface area contributed by atoms with Crippen LogP contribution in [0, 0.1) is 0 Å². The van der Waals surface area contributed by atoms with Crippen LogP contribution in [0.2, 0.25) is 0 Å². The van der Waals surface area contributed by atoms with E-state index in [0.717, 1.165) is 0 Å². The van der Waals surface area contributed by atoms with E-state index >= 15 is 0 Å². The molecule has 0 heterocycles. The van der Waals surface area contributed by atoms with Crippen molar-refractivity contribution >= 4 is 63.4 Å². The quantitative estimate of drug-likeness (QED) is 0.499. The van der Waals surface area contributed by atoms with Gasteiger partial charge in [0.1, 0.15) is 0 Å². The average Bonchev–Trinajstić information content (AvgIpc) is 0.811. The van der Waals surface area contributed by atoms with Crippen molar-refractivity contribution in [1.82, 2.24) is 0 Å². The predicted molar refractivity (Wildman–Crippen MR) is 16.6 cm³/mol. The summed E-state index contributed by atoms with van der Waals surface area (Å²) in [6, 6.07) is 0. The van der Waals surface area contributed by atoms with Crippen LogP contribution in [0.5, 0.6) is 0 Å². The molecule has 5 heavy (non-hydrogen) atoms. The van der Waals surface area contributed by atoms with E-state index in [1.165, 1.54) is 0 Å². The van der Waals surface area contributed by atoms with Gasteiger partial charge in [0.15, 0.2) is 0 Å². The summed E-state index contributed by atoms with van der Waals surface area (Å²) in [4.78, 5) is 0. The summed E-state index contributed by atoms with van der Waals surface area (Å²) in [5, 5.41) is 0. The minimum atomic E-state index is -3.29. The second-order valence-electron chi connectivity index (χ2n) is 0.231. The van der Waals surface area contributed by atoms with Crippen LogP contribution < -0.4 is 0 Å². The average molecular weight is 266 g/mol. The van der Waals surface area contributed by atoms with E-state index in [1.54, 1.807) is 0 Å². The van der Waals surface area contributed by atoms with Crippen molar-refractivity contribution in [2.45, 2.75) is 0 Å². The smallest absolute Gasteiger partial charge is 0 e. The molecule has 0 saturated heterocycles. The van der Waals surface area contributed by atoms with Gasteiger partial charge < -0.3 is 0 Å². The summed E-state index contributed by atoms with van der Waals surface area (Å²) in [6.07, 6.45) is 0. The Balaban J connectivity index is 0. The van der Waals surface area contributed by atoms with Gasteiger partial charge in [0.2, 0.25) is 0 Å². The largest absolute Gasteiger partial charge is 0 e. The molecule has 0 aromatic rings. The summed E-state index contributed by atoms with van der Waals surface area (Å²) in [6.45, 7) is 0. The van der Waals surface area contributed by atoms with E-state index in [-0.39, 0.29) is 48.9 Å². The molecule has 0 aliphatic carbocycles. The van der Waals surface area contributed by atoms with Crippen LogP contribution in [0.4, 0.5) is 0 Å². The molecule has 5 heteroatoms. The van der Waals surface area contributed by atoms with E-state index in [0.29, 0.717) is 0 Å². The van der Waals surface area contributed by atoms with Gasteiger partial charge in [-0.05, 0) is 0 Å². The topological polar surface area (TPSA) is 57.5 Å². The molecule has 0 unspecified atom stereocenters. The first kappa shape index (κ1) is 9.94. The Morgan fingerprint density at radius 1 is 1.40 bits per heavy atom. The molecule has 0 aromatic heterocycles. The third kappa shape index (κ3) is 25.7. The second-order valence-corrected chi connectivity index (χ2v) is 1.20. The normalized spacial score (nSPS) is 7.00. The molecule has 0 fully saturated rings. The maximum atomic E-state index is 8.76. The zero-order chi connectivity index (χ0) is 3.58. The van der Waals surface area contributed by atoms with Crippen LogP contribution in [-0.2, 0) is 3.83 Å². The van der Waals surface area contributed by atoms with Crippen molar-refractivity contribution in [3.05, 3.63) is 0 Å². The van der Waals surface area contributed by atoms with E-state index < -0.39 is 14.5 Å². The molecule has 3 nitrogen and oxygen atoms in total. The van der Waals surface area contributed by atoms with Crippen molar-refractivity contribution in [1.29, 1.82) is 0 Å². The van der Waals surface area contributed by atoms with Crippen LogP contribution in [0.25, 0.3) is 0 Å². The van der Waals surface area contributed by atoms with Gasteiger partial charge in [-0.15, -0.1) is 0 Å². The second kappa shape index (κ2) is 5.81. The summed E-state index contributed by atoms with van der Waals surface area (Å²) in [5.41, 5.74) is 0. The van der Waals surface area contributed by atoms with Crippen molar-refractivity contribution in [3.8, 4) is 0 Å². The molecular weight excluding hydrogens is 264 g/mol. The van der Waals surface area contributed by atoms with Gasteiger partial charge in [-0.1, -0.05) is 0 Å². The minimum absolute atomic E-state index is 0. The van der Waals surface area contributed by atoms with Crippen LogP contribution in [-0.4, -0.2) is 71.8 Å². The van der Waals surface area contributed by atoms with Crippen molar-refractivity contribution in [3.63, 3.8) is 0 Å². The Bertz CT molecular complexity index is 29.9. The Morgan fingerprint density at radius 3 is 1.40 bits per heavy atom. The molecule has 28 valence electrons. The van der Waals surface area contributed by atoms with Crippen LogP contribution >= 0.6 is 0 Å². The zero-order valence-corrected chi connectivity index (χ0v) is 8.57. The van der Waals surface area contributed by atoms with Crippen molar-refractivity contribution in [2.75, 3.05) is 0 Å². The Labute approximate surface area is 74.2 Å². The first-order chi connectivity index (χ1) is 1.73. The SMILES string of the molecule is O=[Se](O)O.[Ba]. The first-order valence-electron chi connectivity index (χ1n) is 0.532. The third-order valence-electron chi connectivity index (χ3n) is 0. The fourth-order valence-corrected chi connectivity index (χ4v) is 0. The van der Waals surface area contributed by atoms with Gasteiger partial charge in [0.25, 0.3) is 0 Å². The molecule has 0 spiro atoms. The third-order valence-corrected chi connectivity index (χ3v) is 0. The van der Waals surface area contributed by atoms with Gasteiger partial charge >= 0.3 is 26.7 Å². The van der Waals surface area contributed by atoms with Gasteiger partial charge in [0, 0.05) is 48.9 Å². The predicted octanol–water partition coefficient (Wildman–Crippen LogP) is -1.99. The zero-order valence-electron chi connectivity index (χ0n) is 2.42. The molecular formula is H2BaO3Se. The van der Waals surface area contributed by atoms with Crippen molar-refractivity contribution < 1.29 is 12.2 Å². The van der Waals surface area contributed by atoms with Gasteiger partial charge in [0.05, 0.1) is 0 Å². The Hall–Kier alpha value is 1.81. The number of hydrogen-bond donors (Lipinski definition) is 2. The molecule has 2 radical (unpaired) electrons. The molecule has 0 saturated carbocycles. The Morgan fingerprint density at radius 2 is 1.40 bits per heavy atom. The minimum Gasteiger partial charge on any atom is 0 e. The molecule has 0 aliphatic rings. The fraction of sp³-hybridized carbons (Fsp3) is 0.